The van der Waals surface area contributed by atoms with E-state index in [1.165, 1.54) is 0 Å². The van der Waals surface area contributed by atoms with Gasteiger partial charge in [-0.05, 0) is 13.8 Å². The lowest BCUT2D eigenvalue weighted by molar-refractivity contribution is 0.422. The second-order valence-electron chi connectivity index (χ2n) is 4.00. The van der Waals surface area contributed by atoms with E-state index in [1.54, 1.807) is 12.5 Å². The van der Waals surface area contributed by atoms with Gasteiger partial charge in [0.25, 0.3) is 0 Å². The topological polar surface area (TPSA) is 41.1 Å². The summed E-state index contributed by atoms with van der Waals surface area (Å²) in [6.07, 6.45) is 3.18. The normalized spacial score (nSPS) is 26.7. The molecule has 0 amide bonds. The number of hydrogen-bond donors (Lipinski definition) is 1. The third-order valence-electron chi connectivity index (χ3n) is 2.68. The molecule has 0 bridgehead atoms. The van der Waals surface area contributed by atoms with Crippen LogP contribution in [0, 0.1) is 0 Å². The molecule has 2 heterocycles. The molecule has 4 nitrogen and oxygen atoms in total. The average Bonchev–Trinajstić information content (AvgIpc) is 2.23. The number of aromatic nitrogens is 2. The maximum Gasteiger partial charge on any atom is 0.151 e. The van der Waals surface area contributed by atoms with Gasteiger partial charge in [0, 0.05) is 25.2 Å². The van der Waals surface area contributed by atoms with E-state index in [0.717, 1.165) is 18.9 Å². The van der Waals surface area contributed by atoms with Crippen molar-refractivity contribution in [3.63, 3.8) is 0 Å². The Morgan fingerprint density at radius 3 is 3.07 bits per heavy atom. The van der Waals surface area contributed by atoms with Crippen LogP contribution in [-0.2, 0) is 0 Å². The molecule has 1 aliphatic heterocycles. The zero-order chi connectivity index (χ0) is 10.8. The highest BCUT2D eigenvalue weighted by molar-refractivity contribution is 6.32. The highest BCUT2D eigenvalue weighted by Crippen LogP contribution is 2.24. The van der Waals surface area contributed by atoms with E-state index < -0.39 is 0 Å². The Kier molecular flexibility index (Phi) is 3.07. The fourth-order valence-corrected chi connectivity index (χ4v) is 2.05. The second-order valence-corrected chi connectivity index (χ2v) is 4.41. The highest BCUT2D eigenvalue weighted by Gasteiger charge is 2.24. The fourth-order valence-electron chi connectivity index (χ4n) is 1.83. The Balaban J connectivity index is 2.25. The van der Waals surface area contributed by atoms with Crippen molar-refractivity contribution in [2.45, 2.75) is 25.9 Å². The van der Waals surface area contributed by atoms with Gasteiger partial charge in [-0.15, -0.1) is 0 Å². The van der Waals surface area contributed by atoms with Crippen LogP contribution in [0.25, 0.3) is 0 Å². The van der Waals surface area contributed by atoms with Gasteiger partial charge in [-0.2, -0.15) is 0 Å². The van der Waals surface area contributed by atoms with Gasteiger partial charge in [-0.1, -0.05) is 11.6 Å². The molecule has 15 heavy (non-hydrogen) atoms. The summed E-state index contributed by atoms with van der Waals surface area (Å²) in [5.41, 5.74) is 0. The number of halogens is 1. The largest absolute Gasteiger partial charge is 0.350 e. The first-order chi connectivity index (χ1) is 7.18. The van der Waals surface area contributed by atoms with Crippen molar-refractivity contribution < 1.29 is 0 Å². The summed E-state index contributed by atoms with van der Waals surface area (Å²) in [7, 11) is 0. The van der Waals surface area contributed by atoms with Crippen LogP contribution in [0.2, 0.25) is 5.02 Å². The van der Waals surface area contributed by atoms with Crippen molar-refractivity contribution in [1.29, 1.82) is 0 Å². The van der Waals surface area contributed by atoms with Gasteiger partial charge in [0.1, 0.15) is 11.3 Å². The van der Waals surface area contributed by atoms with Crippen molar-refractivity contribution in [2.24, 2.45) is 0 Å². The monoisotopic (exact) mass is 226 g/mol. The van der Waals surface area contributed by atoms with E-state index in [4.69, 9.17) is 11.6 Å². The standard InChI is InChI=1S/C10H15ClN4/c1-7-5-15(8(2)3-13-7)10-9(11)4-12-6-14-10/h4,6-8,13H,3,5H2,1-2H3. The molecule has 2 atom stereocenters. The molecule has 0 saturated carbocycles. The number of nitrogens with zero attached hydrogens (tertiary/aromatic N) is 3. The van der Waals surface area contributed by atoms with E-state index in [9.17, 15) is 0 Å². The van der Waals surface area contributed by atoms with Gasteiger partial charge < -0.3 is 10.2 Å². The van der Waals surface area contributed by atoms with Crippen LogP contribution in [0.4, 0.5) is 5.82 Å². The number of hydrogen-bond acceptors (Lipinski definition) is 4. The maximum absolute atomic E-state index is 6.08. The Labute approximate surface area is 94.7 Å². The third kappa shape index (κ3) is 2.21. The Morgan fingerprint density at radius 2 is 2.33 bits per heavy atom. The molecular weight excluding hydrogens is 212 g/mol. The predicted octanol–water partition coefficient (Wildman–Crippen LogP) is 1.32. The van der Waals surface area contributed by atoms with Crippen molar-refractivity contribution >= 4 is 17.4 Å². The van der Waals surface area contributed by atoms with Crippen LogP contribution < -0.4 is 10.2 Å². The summed E-state index contributed by atoms with van der Waals surface area (Å²) >= 11 is 6.08. The number of anilines is 1. The lowest BCUT2D eigenvalue weighted by Crippen LogP contribution is -2.54. The van der Waals surface area contributed by atoms with Crippen molar-refractivity contribution in [3.8, 4) is 0 Å². The van der Waals surface area contributed by atoms with Gasteiger partial charge >= 0.3 is 0 Å². The molecule has 1 aromatic heterocycles. The molecule has 82 valence electrons. The van der Waals surface area contributed by atoms with E-state index in [1.807, 2.05) is 0 Å². The van der Waals surface area contributed by atoms with Crippen LogP contribution in [0.5, 0.6) is 0 Å². The summed E-state index contributed by atoms with van der Waals surface area (Å²) < 4.78 is 0. The minimum Gasteiger partial charge on any atom is -0.350 e. The molecule has 1 aliphatic rings. The minimum atomic E-state index is 0.411. The summed E-state index contributed by atoms with van der Waals surface area (Å²) in [4.78, 5) is 10.4. The molecule has 1 aromatic rings. The molecule has 0 aliphatic carbocycles. The van der Waals surface area contributed by atoms with Gasteiger partial charge in [0.2, 0.25) is 0 Å². The summed E-state index contributed by atoms with van der Waals surface area (Å²) in [6.45, 7) is 6.21. The average molecular weight is 227 g/mol. The first-order valence-corrected chi connectivity index (χ1v) is 5.52. The van der Waals surface area contributed by atoms with Gasteiger partial charge in [-0.25, -0.2) is 9.97 Å². The van der Waals surface area contributed by atoms with Crippen LogP contribution >= 0.6 is 11.6 Å². The molecule has 0 aromatic carbocycles. The Morgan fingerprint density at radius 1 is 1.53 bits per heavy atom. The van der Waals surface area contributed by atoms with Crippen LogP contribution in [0.1, 0.15) is 13.8 Å². The molecule has 1 saturated heterocycles. The smallest absolute Gasteiger partial charge is 0.151 e. The highest BCUT2D eigenvalue weighted by atomic mass is 35.5. The SMILES string of the molecule is CC1CN(c2ncncc2Cl)C(C)CN1. The van der Waals surface area contributed by atoms with E-state index in [2.05, 4.69) is 34.0 Å². The van der Waals surface area contributed by atoms with Crippen LogP contribution in [0.3, 0.4) is 0 Å². The number of rotatable bonds is 1. The van der Waals surface area contributed by atoms with Crippen molar-refractivity contribution in [1.82, 2.24) is 15.3 Å². The molecular formula is C10H15ClN4. The molecule has 1 N–H and O–H groups in total. The van der Waals surface area contributed by atoms with E-state index in [-0.39, 0.29) is 0 Å². The van der Waals surface area contributed by atoms with Crippen LogP contribution in [0.15, 0.2) is 12.5 Å². The molecule has 2 rings (SSSR count). The fraction of sp³-hybridized carbons (Fsp3) is 0.600. The molecule has 5 heteroatoms. The zero-order valence-electron chi connectivity index (χ0n) is 8.94. The van der Waals surface area contributed by atoms with Gasteiger partial charge in [0.05, 0.1) is 6.20 Å². The van der Waals surface area contributed by atoms with E-state index in [0.29, 0.717) is 17.1 Å². The summed E-state index contributed by atoms with van der Waals surface area (Å²) in [6, 6.07) is 0.876. The first kappa shape index (κ1) is 10.6. The minimum absolute atomic E-state index is 0.411. The van der Waals surface area contributed by atoms with E-state index >= 15 is 0 Å². The Hall–Kier alpha value is -0.870. The van der Waals surface area contributed by atoms with Gasteiger partial charge in [-0.3, -0.25) is 0 Å². The predicted molar refractivity (Wildman–Crippen MR) is 61.3 cm³/mol. The number of nitrogens with one attached hydrogen (secondary N) is 1. The zero-order valence-corrected chi connectivity index (χ0v) is 9.70. The maximum atomic E-state index is 6.08. The summed E-state index contributed by atoms with van der Waals surface area (Å²) in [5.74, 6) is 0.840. The second kappa shape index (κ2) is 4.33. The third-order valence-corrected chi connectivity index (χ3v) is 2.95. The Bertz CT molecular complexity index is 344. The number of piperazine rings is 1. The lowest BCUT2D eigenvalue weighted by Gasteiger charge is -2.38. The molecule has 0 spiro atoms. The van der Waals surface area contributed by atoms with Crippen LogP contribution in [-0.4, -0.2) is 35.1 Å². The summed E-state index contributed by atoms with van der Waals surface area (Å²) in [5, 5.41) is 4.05. The first-order valence-electron chi connectivity index (χ1n) is 5.14. The van der Waals surface area contributed by atoms with Crippen molar-refractivity contribution in [3.05, 3.63) is 17.5 Å². The molecule has 0 radical (unpaired) electrons. The van der Waals surface area contributed by atoms with Gasteiger partial charge in [0.15, 0.2) is 5.82 Å². The van der Waals surface area contributed by atoms with Crippen molar-refractivity contribution in [2.75, 3.05) is 18.0 Å². The quantitative estimate of drug-likeness (QED) is 0.784. The molecule has 2 unspecified atom stereocenters. The molecule has 1 fully saturated rings. The lowest BCUT2D eigenvalue weighted by atomic mass is 10.1.